The molecule has 0 saturated heterocycles. The number of nitrogens with one attached hydrogen (secondary N) is 2. The molecule has 1 aromatic heterocycles. The maximum absolute atomic E-state index is 13.4. The van der Waals surface area contributed by atoms with Gasteiger partial charge in [0.25, 0.3) is 5.91 Å². The first-order chi connectivity index (χ1) is 8.97. The van der Waals surface area contributed by atoms with Crippen molar-refractivity contribution in [2.75, 3.05) is 5.32 Å². The molecule has 0 aliphatic heterocycles. The lowest BCUT2D eigenvalue weighted by Gasteiger charge is -2.02. The van der Waals surface area contributed by atoms with E-state index < -0.39 is 22.3 Å². The van der Waals surface area contributed by atoms with E-state index in [-0.39, 0.29) is 5.56 Å². The number of H-pyrrole nitrogens is 1. The summed E-state index contributed by atoms with van der Waals surface area (Å²) in [5.41, 5.74) is 0.0566. The zero-order chi connectivity index (χ0) is 14.0. The smallest absolute Gasteiger partial charge is 0.304 e. The molecule has 2 aromatic rings. The third kappa shape index (κ3) is 2.73. The highest BCUT2D eigenvalue weighted by Gasteiger charge is 2.17. The number of hydrogen-bond donors (Lipinski definition) is 2. The van der Waals surface area contributed by atoms with E-state index in [9.17, 15) is 19.3 Å². The summed E-state index contributed by atoms with van der Waals surface area (Å²) < 4.78 is 13.4. The molecule has 0 fully saturated rings. The van der Waals surface area contributed by atoms with Crippen LogP contribution in [-0.2, 0) is 0 Å². The van der Waals surface area contributed by atoms with Crippen LogP contribution in [0.1, 0.15) is 16.1 Å². The molecule has 2 rings (SSSR count). The Morgan fingerprint density at radius 2 is 2.21 bits per heavy atom. The largest absolute Gasteiger partial charge is 0.305 e. The SMILES string of the molecule is Cc1cc(NC(=O)c2ccc([N+](=O)[O-])c(F)c2)n[nH]1. The van der Waals surface area contributed by atoms with E-state index in [2.05, 4.69) is 15.5 Å². The van der Waals surface area contributed by atoms with Crippen LogP contribution >= 0.6 is 0 Å². The van der Waals surface area contributed by atoms with Crippen molar-refractivity contribution in [3.8, 4) is 0 Å². The Balaban J connectivity index is 2.20. The normalized spacial score (nSPS) is 10.2. The van der Waals surface area contributed by atoms with Crippen LogP contribution in [0.3, 0.4) is 0 Å². The van der Waals surface area contributed by atoms with Crippen molar-refractivity contribution < 1.29 is 14.1 Å². The Labute approximate surface area is 106 Å². The van der Waals surface area contributed by atoms with Gasteiger partial charge in [-0.25, -0.2) is 0 Å². The number of nitro benzene ring substituents is 1. The van der Waals surface area contributed by atoms with E-state index in [1.807, 2.05) is 0 Å². The third-order valence-corrected chi connectivity index (χ3v) is 2.35. The molecule has 19 heavy (non-hydrogen) atoms. The second-order valence-electron chi connectivity index (χ2n) is 3.81. The van der Waals surface area contributed by atoms with Gasteiger partial charge in [0.05, 0.1) is 4.92 Å². The molecule has 2 N–H and O–H groups in total. The van der Waals surface area contributed by atoms with Gasteiger partial charge in [-0.15, -0.1) is 0 Å². The van der Waals surface area contributed by atoms with E-state index in [0.29, 0.717) is 5.82 Å². The average molecular weight is 264 g/mol. The number of benzene rings is 1. The number of aromatic nitrogens is 2. The van der Waals surface area contributed by atoms with Crippen molar-refractivity contribution in [2.24, 2.45) is 0 Å². The van der Waals surface area contributed by atoms with Crippen LogP contribution in [0.15, 0.2) is 24.3 Å². The third-order valence-electron chi connectivity index (χ3n) is 2.35. The van der Waals surface area contributed by atoms with Gasteiger partial charge in [0.2, 0.25) is 5.82 Å². The summed E-state index contributed by atoms with van der Waals surface area (Å²) in [6.07, 6.45) is 0. The monoisotopic (exact) mass is 264 g/mol. The summed E-state index contributed by atoms with van der Waals surface area (Å²) in [7, 11) is 0. The molecule has 98 valence electrons. The lowest BCUT2D eigenvalue weighted by atomic mass is 10.2. The second kappa shape index (κ2) is 4.84. The molecule has 1 amide bonds. The average Bonchev–Trinajstić information content (AvgIpc) is 2.74. The van der Waals surface area contributed by atoms with E-state index in [1.165, 1.54) is 6.07 Å². The van der Waals surface area contributed by atoms with Crippen molar-refractivity contribution in [1.29, 1.82) is 0 Å². The molecule has 0 spiro atoms. The fraction of sp³-hybridized carbons (Fsp3) is 0.0909. The number of carbonyl (C=O) groups excluding carboxylic acids is 1. The zero-order valence-corrected chi connectivity index (χ0v) is 9.81. The molecule has 7 nitrogen and oxygen atoms in total. The standard InChI is InChI=1S/C11H9FN4O3/c1-6-4-10(15-14-6)13-11(17)7-2-3-9(16(18)19)8(12)5-7/h2-5H,1H3,(H2,13,14,15,17). The van der Waals surface area contributed by atoms with E-state index in [0.717, 1.165) is 17.8 Å². The Hall–Kier alpha value is -2.77. The van der Waals surface area contributed by atoms with Gasteiger partial charge in [-0.3, -0.25) is 20.0 Å². The Morgan fingerprint density at radius 3 is 2.74 bits per heavy atom. The highest BCUT2D eigenvalue weighted by molar-refractivity contribution is 6.03. The van der Waals surface area contributed by atoms with Crippen LogP contribution in [0.4, 0.5) is 15.9 Å². The van der Waals surface area contributed by atoms with Crippen molar-refractivity contribution in [3.63, 3.8) is 0 Å². The molecular formula is C11H9FN4O3. The van der Waals surface area contributed by atoms with Crippen molar-refractivity contribution >= 4 is 17.4 Å². The Morgan fingerprint density at radius 1 is 1.47 bits per heavy atom. The van der Waals surface area contributed by atoms with Gasteiger partial charge in [-0.2, -0.15) is 9.49 Å². The second-order valence-corrected chi connectivity index (χ2v) is 3.81. The van der Waals surface area contributed by atoms with E-state index in [1.54, 1.807) is 13.0 Å². The molecule has 0 radical (unpaired) electrons. The van der Waals surface area contributed by atoms with Crippen LogP contribution in [0, 0.1) is 22.9 Å². The molecule has 0 aliphatic carbocycles. The van der Waals surface area contributed by atoms with E-state index >= 15 is 0 Å². The van der Waals surface area contributed by atoms with Crippen LogP contribution in [-0.4, -0.2) is 21.0 Å². The lowest BCUT2D eigenvalue weighted by molar-refractivity contribution is -0.387. The molecule has 0 unspecified atom stereocenters. The Kier molecular flexibility index (Phi) is 3.23. The number of aryl methyl sites for hydroxylation is 1. The van der Waals surface area contributed by atoms with Crippen LogP contribution in [0.2, 0.25) is 0 Å². The predicted molar refractivity (Wildman–Crippen MR) is 64.3 cm³/mol. The van der Waals surface area contributed by atoms with Crippen LogP contribution in [0.25, 0.3) is 0 Å². The molecule has 8 heteroatoms. The van der Waals surface area contributed by atoms with Gasteiger partial charge >= 0.3 is 5.69 Å². The Bertz CT molecular complexity index is 653. The summed E-state index contributed by atoms with van der Waals surface area (Å²) >= 11 is 0. The number of rotatable bonds is 3. The number of amides is 1. The minimum absolute atomic E-state index is 0.0243. The molecular weight excluding hydrogens is 255 g/mol. The quantitative estimate of drug-likeness (QED) is 0.654. The maximum atomic E-state index is 13.4. The van der Waals surface area contributed by atoms with E-state index in [4.69, 9.17) is 0 Å². The molecule has 0 saturated carbocycles. The topological polar surface area (TPSA) is 101 Å². The van der Waals surface area contributed by atoms with Crippen LogP contribution < -0.4 is 5.32 Å². The number of nitrogens with zero attached hydrogens (tertiary/aromatic N) is 2. The fourth-order valence-corrected chi connectivity index (χ4v) is 1.47. The summed E-state index contributed by atoms with van der Waals surface area (Å²) in [5.74, 6) is -1.36. The first-order valence-corrected chi connectivity index (χ1v) is 5.24. The summed E-state index contributed by atoms with van der Waals surface area (Å²) in [6.45, 7) is 1.76. The predicted octanol–water partition coefficient (Wildman–Crippen LogP) is 2.02. The number of nitro groups is 1. The summed E-state index contributed by atoms with van der Waals surface area (Å²) in [5, 5.41) is 19.3. The number of aromatic amines is 1. The van der Waals surface area contributed by atoms with Crippen molar-refractivity contribution in [2.45, 2.75) is 6.92 Å². The van der Waals surface area contributed by atoms with Crippen LogP contribution in [0.5, 0.6) is 0 Å². The highest BCUT2D eigenvalue weighted by atomic mass is 19.1. The zero-order valence-electron chi connectivity index (χ0n) is 9.81. The fourth-order valence-electron chi connectivity index (χ4n) is 1.47. The molecule has 1 aromatic carbocycles. The molecule has 0 bridgehead atoms. The highest BCUT2D eigenvalue weighted by Crippen LogP contribution is 2.18. The molecule has 0 atom stereocenters. The minimum Gasteiger partial charge on any atom is -0.305 e. The van der Waals surface area contributed by atoms with Gasteiger partial charge in [0.1, 0.15) is 0 Å². The minimum atomic E-state index is -1.06. The lowest BCUT2D eigenvalue weighted by Crippen LogP contribution is -2.12. The number of carbonyl (C=O) groups is 1. The van der Waals surface area contributed by atoms with Gasteiger partial charge in [-0.05, 0) is 19.1 Å². The number of halogens is 1. The summed E-state index contributed by atoms with van der Waals surface area (Å²) in [6, 6.07) is 4.53. The number of hydrogen-bond acceptors (Lipinski definition) is 4. The summed E-state index contributed by atoms with van der Waals surface area (Å²) in [4.78, 5) is 21.3. The maximum Gasteiger partial charge on any atom is 0.304 e. The van der Waals surface area contributed by atoms with Gasteiger partial charge in [0, 0.05) is 23.4 Å². The molecule has 1 heterocycles. The van der Waals surface area contributed by atoms with Crippen molar-refractivity contribution in [3.05, 3.63) is 51.5 Å². The molecule has 0 aliphatic rings. The van der Waals surface area contributed by atoms with Gasteiger partial charge in [0.15, 0.2) is 5.82 Å². The van der Waals surface area contributed by atoms with Crippen molar-refractivity contribution in [1.82, 2.24) is 10.2 Å². The van der Waals surface area contributed by atoms with Gasteiger partial charge in [-0.1, -0.05) is 0 Å². The first kappa shape index (κ1) is 12.7. The number of anilines is 1. The first-order valence-electron chi connectivity index (χ1n) is 5.24. The van der Waals surface area contributed by atoms with Gasteiger partial charge < -0.3 is 5.32 Å².